The fourth-order valence-electron chi connectivity index (χ4n) is 4.27. The van der Waals surface area contributed by atoms with Crippen molar-refractivity contribution >= 4 is 29.1 Å². The third kappa shape index (κ3) is 3.42. The van der Waals surface area contributed by atoms with Gasteiger partial charge in [-0.05, 0) is 35.9 Å². The lowest BCUT2D eigenvalue weighted by atomic mass is 10.1. The van der Waals surface area contributed by atoms with Gasteiger partial charge in [-0.15, -0.1) is 5.10 Å². The van der Waals surface area contributed by atoms with Crippen molar-refractivity contribution in [2.75, 3.05) is 13.7 Å². The molecule has 2 aromatic heterocycles. The number of rotatable bonds is 4. The Morgan fingerprint density at radius 1 is 1.06 bits per heavy atom. The summed E-state index contributed by atoms with van der Waals surface area (Å²) in [5.41, 5.74) is 6.05. The summed E-state index contributed by atoms with van der Waals surface area (Å²) in [6.07, 6.45) is 2.14. The highest BCUT2D eigenvalue weighted by atomic mass is 35.5. The molecule has 2 aromatic carbocycles. The van der Waals surface area contributed by atoms with E-state index in [0.29, 0.717) is 41.2 Å². The maximum Gasteiger partial charge on any atom is 0.238 e. The third-order valence-electron chi connectivity index (χ3n) is 5.85. The van der Waals surface area contributed by atoms with Gasteiger partial charge in [0, 0.05) is 23.6 Å². The van der Waals surface area contributed by atoms with Crippen LogP contribution < -0.4 is 0 Å². The topological polar surface area (TPSA) is 79.3 Å². The average molecular weight is 481 g/mol. The molecule has 0 unspecified atom stereocenters. The Bertz CT molecular complexity index is 1390. The van der Waals surface area contributed by atoms with Gasteiger partial charge in [0.1, 0.15) is 23.8 Å². The van der Waals surface area contributed by atoms with E-state index in [0.717, 1.165) is 34.0 Å². The minimum Gasteiger partial charge on any atom is -0.466 e. The number of aliphatic imine (C=N–C) groups is 1. The standard InChI is InChI=1S/C23H18Cl2N6O2/c1-32-11-16-18-9-20-22(23-26-10-21(33-23)13-2-4-14(24)5-3-13)27-12-30(20)17-7-6-15(25)8-19(17)31(18)29-28-16/h2-8,12,21H,9-11H2,1H3/t21-/m1/s1. The van der Waals surface area contributed by atoms with Gasteiger partial charge in [0.15, 0.2) is 0 Å². The molecule has 0 aliphatic carbocycles. The van der Waals surface area contributed by atoms with Gasteiger partial charge in [0.25, 0.3) is 0 Å². The molecule has 8 nitrogen and oxygen atoms in total. The molecule has 0 amide bonds. The summed E-state index contributed by atoms with van der Waals surface area (Å²) in [6, 6.07) is 13.3. The smallest absolute Gasteiger partial charge is 0.238 e. The lowest BCUT2D eigenvalue weighted by molar-refractivity contribution is 0.180. The number of nitrogens with zero attached hydrogens (tertiary/aromatic N) is 6. The van der Waals surface area contributed by atoms with Crippen LogP contribution in [0.15, 0.2) is 53.8 Å². The lowest BCUT2D eigenvalue weighted by Crippen LogP contribution is -2.11. The van der Waals surface area contributed by atoms with Gasteiger partial charge >= 0.3 is 0 Å². The Morgan fingerprint density at radius 2 is 1.88 bits per heavy atom. The lowest BCUT2D eigenvalue weighted by Gasteiger charge is -2.12. The first kappa shape index (κ1) is 20.4. The first-order chi connectivity index (χ1) is 16.1. The van der Waals surface area contributed by atoms with E-state index >= 15 is 0 Å². The van der Waals surface area contributed by atoms with E-state index in [1.165, 1.54) is 0 Å². The van der Waals surface area contributed by atoms with Crippen LogP contribution in [0.2, 0.25) is 10.0 Å². The van der Waals surface area contributed by atoms with Crippen LogP contribution in [0.3, 0.4) is 0 Å². The summed E-state index contributed by atoms with van der Waals surface area (Å²) in [7, 11) is 1.64. The Kier molecular flexibility index (Phi) is 4.94. The number of aromatic nitrogens is 5. The van der Waals surface area contributed by atoms with E-state index < -0.39 is 0 Å². The molecule has 10 heteroatoms. The molecule has 0 bridgehead atoms. The van der Waals surface area contributed by atoms with Crippen molar-refractivity contribution in [3.63, 3.8) is 0 Å². The molecule has 4 aromatic rings. The number of fused-ring (bicyclic) bond motifs is 5. The number of hydrogen-bond donors (Lipinski definition) is 0. The van der Waals surface area contributed by atoms with Gasteiger partial charge in [-0.2, -0.15) is 0 Å². The summed E-state index contributed by atoms with van der Waals surface area (Å²) >= 11 is 12.4. The number of benzene rings is 2. The molecule has 166 valence electrons. The van der Waals surface area contributed by atoms with Crippen molar-refractivity contribution in [2.45, 2.75) is 19.1 Å². The van der Waals surface area contributed by atoms with E-state index in [4.69, 9.17) is 32.7 Å². The zero-order chi connectivity index (χ0) is 22.5. The van der Waals surface area contributed by atoms with E-state index in [-0.39, 0.29) is 6.10 Å². The minimum atomic E-state index is -0.178. The van der Waals surface area contributed by atoms with Crippen LogP contribution in [0, 0.1) is 0 Å². The van der Waals surface area contributed by atoms with Gasteiger partial charge < -0.3 is 9.47 Å². The minimum absolute atomic E-state index is 0.178. The quantitative estimate of drug-likeness (QED) is 0.382. The molecule has 2 aliphatic heterocycles. The second-order valence-corrected chi connectivity index (χ2v) is 8.72. The number of hydrogen-bond acceptors (Lipinski definition) is 6. The highest BCUT2D eigenvalue weighted by Crippen LogP contribution is 2.34. The fourth-order valence-corrected chi connectivity index (χ4v) is 4.56. The van der Waals surface area contributed by atoms with Crippen LogP contribution in [0.4, 0.5) is 0 Å². The Hall–Kier alpha value is -3.20. The van der Waals surface area contributed by atoms with Gasteiger partial charge in [0.2, 0.25) is 5.90 Å². The number of imidazole rings is 1. The van der Waals surface area contributed by atoms with Crippen molar-refractivity contribution in [1.82, 2.24) is 24.5 Å². The molecule has 6 rings (SSSR count). The van der Waals surface area contributed by atoms with Crippen molar-refractivity contribution in [3.05, 3.63) is 87.2 Å². The van der Waals surface area contributed by atoms with Crippen molar-refractivity contribution < 1.29 is 9.47 Å². The monoisotopic (exact) mass is 480 g/mol. The van der Waals surface area contributed by atoms with Crippen molar-refractivity contribution in [2.24, 2.45) is 4.99 Å². The summed E-state index contributed by atoms with van der Waals surface area (Å²) in [5.74, 6) is 0.522. The van der Waals surface area contributed by atoms with E-state index in [1.54, 1.807) is 13.4 Å². The van der Waals surface area contributed by atoms with Crippen molar-refractivity contribution in [1.29, 1.82) is 0 Å². The molecule has 33 heavy (non-hydrogen) atoms. The molecule has 2 aliphatic rings. The van der Waals surface area contributed by atoms with E-state index in [2.05, 4.69) is 20.3 Å². The molecule has 0 radical (unpaired) electrons. The predicted molar refractivity (Wildman–Crippen MR) is 124 cm³/mol. The normalized spacial score (nSPS) is 16.5. The second kappa shape index (κ2) is 7.98. The van der Waals surface area contributed by atoms with Crippen LogP contribution in [0.5, 0.6) is 0 Å². The van der Waals surface area contributed by atoms with Gasteiger partial charge in [0.05, 0.1) is 35.9 Å². The Balaban J connectivity index is 1.43. The van der Waals surface area contributed by atoms with Crippen LogP contribution in [0.25, 0.3) is 11.4 Å². The zero-order valence-electron chi connectivity index (χ0n) is 17.6. The van der Waals surface area contributed by atoms with Crippen LogP contribution in [0.1, 0.15) is 34.4 Å². The van der Waals surface area contributed by atoms with E-state index in [1.807, 2.05) is 51.7 Å². The fraction of sp³-hybridized carbons (Fsp3) is 0.217. The van der Waals surface area contributed by atoms with Gasteiger partial charge in [-0.3, -0.25) is 4.57 Å². The molecule has 0 saturated heterocycles. The highest BCUT2D eigenvalue weighted by Gasteiger charge is 2.31. The van der Waals surface area contributed by atoms with Gasteiger partial charge in [-0.25, -0.2) is 14.7 Å². The second-order valence-electron chi connectivity index (χ2n) is 7.85. The first-order valence-electron chi connectivity index (χ1n) is 10.4. The first-order valence-corrected chi connectivity index (χ1v) is 11.1. The SMILES string of the molecule is COCc1nnn2c1Cc1c(C3=NC[C@H](c4ccc(Cl)cc4)O3)ncn1-c1ccc(Cl)cc1-2. The summed E-state index contributed by atoms with van der Waals surface area (Å²) in [4.78, 5) is 9.36. The van der Waals surface area contributed by atoms with Crippen LogP contribution in [-0.4, -0.2) is 44.1 Å². The third-order valence-corrected chi connectivity index (χ3v) is 6.34. The van der Waals surface area contributed by atoms with Crippen LogP contribution in [-0.2, 0) is 22.5 Å². The molecule has 0 spiro atoms. The van der Waals surface area contributed by atoms with Crippen LogP contribution >= 0.6 is 23.2 Å². The summed E-state index contributed by atoms with van der Waals surface area (Å²) < 4.78 is 15.4. The maximum atomic E-state index is 6.33. The number of ether oxygens (including phenoxy) is 2. The largest absolute Gasteiger partial charge is 0.466 e. The molecule has 0 N–H and O–H groups in total. The van der Waals surface area contributed by atoms with Crippen molar-refractivity contribution in [3.8, 4) is 11.4 Å². The summed E-state index contributed by atoms with van der Waals surface area (Å²) in [5, 5.41) is 10.0. The van der Waals surface area contributed by atoms with Gasteiger partial charge in [-0.1, -0.05) is 40.5 Å². The molecule has 0 saturated carbocycles. The molecule has 0 fully saturated rings. The Morgan fingerprint density at radius 3 is 2.70 bits per heavy atom. The summed E-state index contributed by atoms with van der Waals surface area (Å²) in [6.45, 7) is 0.870. The molecular weight excluding hydrogens is 463 g/mol. The highest BCUT2D eigenvalue weighted by molar-refractivity contribution is 6.31. The maximum absolute atomic E-state index is 6.33. The number of methoxy groups -OCH3 is 1. The van der Waals surface area contributed by atoms with E-state index in [9.17, 15) is 0 Å². The average Bonchev–Trinajstić information content (AvgIpc) is 3.53. The molecule has 4 heterocycles. The molecule has 1 atom stereocenters. The number of halogens is 2. The predicted octanol–water partition coefficient (Wildman–Crippen LogP) is 4.33. The Labute approximate surface area is 199 Å². The molecular formula is C23H18Cl2N6O2. The zero-order valence-corrected chi connectivity index (χ0v) is 19.1.